The lowest BCUT2D eigenvalue weighted by Crippen LogP contribution is -1.99. The summed E-state index contributed by atoms with van der Waals surface area (Å²) in [5, 5.41) is 0.640. The molecule has 0 aliphatic heterocycles. The van der Waals surface area contributed by atoms with Crippen molar-refractivity contribution < 1.29 is 0 Å². The molecule has 1 aromatic heterocycles. The van der Waals surface area contributed by atoms with Crippen LogP contribution in [0.4, 0.5) is 5.82 Å². The molecule has 1 saturated carbocycles. The summed E-state index contributed by atoms with van der Waals surface area (Å²) in [6.07, 6.45) is 2.24. The second-order valence-corrected chi connectivity index (χ2v) is 3.57. The van der Waals surface area contributed by atoms with Gasteiger partial charge in [-0.3, -0.25) is 0 Å². The summed E-state index contributed by atoms with van der Waals surface area (Å²) < 4.78 is 0. The van der Waals surface area contributed by atoms with Gasteiger partial charge >= 0.3 is 0 Å². The number of hydrogen-bond acceptors (Lipinski definition) is 3. The number of hydrogen-bond donors (Lipinski definition) is 1. The van der Waals surface area contributed by atoms with Crippen molar-refractivity contribution in [2.75, 3.05) is 5.73 Å². The van der Waals surface area contributed by atoms with Gasteiger partial charge in [-0.15, -0.1) is 0 Å². The summed E-state index contributed by atoms with van der Waals surface area (Å²) in [6.45, 7) is 0. The molecule has 0 amide bonds. The third-order valence-electron chi connectivity index (χ3n) is 1.84. The zero-order chi connectivity index (χ0) is 8.72. The van der Waals surface area contributed by atoms with Gasteiger partial charge in [-0.05, 0) is 24.4 Å². The molecular formula is C7H7Cl2N3. The van der Waals surface area contributed by atoms with Gasteiger partial charge in [-0.2, -0.15) is 4.98 Å². The van der Waals surface area contributed by atoms with E-state index in [1.165, 1.54) is 0 Å². The summed E-state index contributed by atoms with van der Waals surface area (Å²) in [7, 11) is 0. The molecule has 0 aromatic carbocycles. The number of nitrogens with two attached hydrogens (primary N) is 1. The number of halogens is 2. The van der Waals surface area contributed by atoms with Gasteiger partial charge in [0.1, 0.15) is 10.8 Å². The van der Waals surface area contributed by atoms with Crippen molar-refractivity contribution in [3.63, 3.8) is 0 Å². The molecule has 1 aliphatic rings. The maximum Gasteiger partial charge on any atom is 0.224 e. The lowest BCUT2D eigenvalue weighted by Gasteiger charge is -2.03. The summed E-state index contributed by atoms with van der Waals surface area (Å²) in [4.78, 5) is 7.78. The fourth-order valence-corrected chi connectivity index (χ4v) is 1.50. The van der Waals surface area contributed by atoms with Crippen molar-refractivity contribution in [2.45, 2.75) is 18.8 Å². The van der Waals surface area contributed by atoms with Crippen molar-refractivity contribution in [1.82, 2.24) is 9.97 Å². The molecule has 2 N–H and O–H groups in total. The number of aromatic nitrogens is 2. The van der Waals surface area contributed by atoms with Crippen LogP contribution >= 0.6 is 23.2 Å². The van der Waals surface area contributed by atoms with E-state index in [-0.39, 0.29) is 11.1 Å². The smallest absolute Gasteiger partial charge is 0.224 e. The highest BCUT2D eigenvalue weighted by molar-refractivity contribution is 6.34. The number of nitrogens with zero attached hydrogens (tertiary/aromatic N) is 2. The Labute approximate surface area is 79.9 Å². The second-order valence-electron chi connectivity index (χ2n) is 2.85. The second kappa shape index (κ2) is 2.75. The van der Waals surface area contributed by atoms with E-state index in [2.05, 4.69) is 9.97 Å². The van der Waals surface area contributed by atoms with E-state index in [1.807, 2.05) is 0 Å². The van der Waals surface area contributed by atoms with E-state index >= 15 is 0 Å². The van der Waals surface area contributed by atoms with Crippen LogP contribution in [0.2, 0.25) is 10.3 Å². The predicted molar refractivity (Wildman–Crippen MR) is 48.4 cm³/mol. The first-order chi connectivity index (χ1) is 5.68. The van der Waals surface area contributed by atoms with Crippen LogP contribution in [-0.4, -0.2) is 9.97 Å². The van der Waals surface area contributed by atoms with Crippen molar-refractivity contribution in [3.8, 4) is 0 Å². The molecule has 1 heterocycles. The molecule has 0 saturated heterocycles. The normalized spacial score (nSPS) is 16.5. The molecule has 3 nitrogen and oxygen atoms in total. The molecule has 5 heteroatoms. The molecule has 2 rings (SSSR count). The molecule has 1 fully saturated rings. The van der Waals surface area contributed by atoms with Crippen LogP contribution in [0.25, 0.3) is 0 Å². The van der Waals surface area contributed by atoms with Gasteiger partial charge in [-0.25, -0.2) is 4.98 Å². The average Bonchev–Trinajstić information content (AvgIpc) is 2.79. The van der Waals surface area contributed by atoms with Crippen molar-refractivity contribution in [1.29, 1.82) is 0 Å². The number of nitrogen functional groups attached to an aromatic ring is 1. The lowest BCUT2D eigenvalue weighted by molar-refractivity contribution is 0.993. The summed E-state index contributed by atoms with van der Waals surface area (Å²) in [5.74, 6) is 0.721. The monoisotopic (exact) mass is 203 g/mol. The maximum absolute atomic E-state index is 5.89. The quantitative estimate of drug-likeness (QED) is 0.713. The maximum atomic E-state index is 5.89. The van der Waals surface area contributed by atoms with Crippen molar-refractivity contribution in [2.24, 2.45) is 0 Å². The molecule has 1 aliphatic carbocycles. The van der Waals surface area contributed by atoms with E-state index in [0.717, 1.165) is 18.5 Å². The summed E-state index contributed by atoms with van der Waals surface area (Å²) >= 11 is 11.5. The van der Waals surface area contributed by atoms with Crippen LogP contribution in [0, 0.1) is 0 Å². The summed E-state index contributed by atoms with van der Waals surface area (Å²) in [6, 6.07) is 0. The first kappa shape index (κ1) is 8.08. The van der Waals surface area contributed by atoms with Crippen LogP contribution in [0.3, 0.4) is 0 Å². The molecule has 12 heavy (non-hydrogen) atoms. The molecule has 0 atom stereocenters. The minimum Gasteiger partial charge on any atom is -0.382 e. The van der Waals surface area contributed by atoms with E-state index in [0.29, 0.717) is 10.9 Å². The van der Waals surface area contributed by atoms with Crippen LogP contribution in [0.1, 0.15) is 24.5 Å². The van der Waals surface area contributed by atoms with Gasteiger partial charge in [0.15, 0.2) is 0 Å². The van der Waals surface area contributed by atoms with Crippen LogP contribution in [0.15, 0.2) is 0 Å². The predicted octanol–water partition coefficient (Wildman–Crippen LogP) is 2.24. The van der Waals surface area contributed by atoms with Gasteiger partial charge in [0.2, 0.25) is 5.28 Å². The van der Waals surface area contributed by atoms with Crippen LogP contribution < -0.4 is 5.73 Å². The van der Waals surface area contributed by atoms with E-state index < -0.39 is 0 Å². The number of anilines is 1. The minimum absolute atomic E-state index is 0.179. The Morgan fingerprint density at radius 2 is 1.92 bits per heavy atom. The first-order valence-corrected chi connectivity index (χ1v) is 4.42. The van der Waals surface area contributed by atoms with Crippen LogP contribution in [0.5, 0.6) is 0 Å². The standard InChI is InChI=1S/C7H7Cl2N3/c8-4-5(3-1-2-3)11-7(9)12-6(4)10/h3H,1-2H2,(H2,10,11,12). The highest BCUT2D eigenvalue weighted by Gasteiger charge is 2.28. The SMILES string of the molecule is Nc1nc(Cl)nc(C2CC2)c1Cl. The van der Waals surface area contributed by atoms with E-state index in [1.54, 1.807) is 0 Å². The Bertz CT molecular complexity index is 323. The highest BCUT2D eigenvalue weighted by atomic mass is 35.5. The minimum atomic E-state index is 0.179. The van der Waals surface area contributed by atoms with Gasteiger partial charge in [0.05, 0.1) is 5.69 Å². The molecule has 0 unspecified atom stereocenters. The third kappa shape index (κ3) is 1.34. The third-order valence-corrected chi connectivity index (χ3v) is 2.40. The zero-order valence-corrected chi connectivity index (χ0v) is 7.73. The first-order valence-electron chi connectivity index (χ1n) is 3.67. The Balaban J connectivity index is 2.51. The molecular weight excluding hydrogens is 197 g/mol. The molecule has 0 bridgehead atoms. The summed E-state index contributed by atoms with van der Waals surface area (Å²) in [5.41, 5.74) is 6.32. The Morgan fingerprint density at radius 1 is 1.25 bits per heavy atom. The van der Waals surface area contributed by atoms with Gasteiger partial charge < -0.3 is 5.73 Å². The van der Waals surface area contributed by atoms with Gasteiger partial charge in [0, 0.05) is 5.92 Å². The number of rotatable bonds is 1. The molecule has 1 aromatic rings. The fourth-order valence-electron chi connectivity index (χ4n) is 1.08. The fraction of sp³-hybridized carbons (Fsp3) is 0.429. The highest BCUT2D eigenvalue weighted by Crippen LogP contribution is 2.43. The largest absolute Gasteiger partial charge is 0.382 e. The lowest BCUT2D eigenvalue weighted by atomic mass is 10.3. The van der Waals surface area contributed by atoms with E-state index in [9.17, 15) is 0 Å². The molecule has 0 radical (unpaired) electrons. The van der Waals surface area contributed by atoms with Gasteiger partial charge in [0.25, 0.3) is 0 Å². The Hall–Kier alpha value is -0.540. The Morgan fingerprint density at radius 3 is 2.50 bits per heavy atom. The van der Waals surface area contributed by atoms with Gasteiger partial charge in [-0.1, -0.05) is 11.6 Å². The molecule has 64 valence electrons. The zero-order valence-electron chi connectivity index (χ0n) is 6.22. The Kier molecular flexibility index (Phi) is 1.85. The topological polar surface area (TPSA) is 51.8 Å². The van der Waals surface area contributed by atoms with Crippen LogP contribution in [-0.2, 0) is 0 Å². The van der Waals surface area contributed by atoms with Crippen molar-refractivity contribution >= 4 is 29.0 Å². The van der Waals surface area contributed by atoms with E-state index in [4.69, 9.17) is 28.9 Å². The average molecular weight is 204 g/mol. The van der Waals surface area contributed by atoms with Crippen molar-refractivity contribution in [3.05, 3.63) is 16.0 Å². The molecule has 0 spiro atoms.